The predicted molar refractivity (Wildman–Crippen MR) is 75.9 cm³/mol. The van der Waals surface area contributed by atoms with Gasteiger partial charge in [0.1, 0.15) is 5.75 Å². The van der Waals surface area contributed by atoms with E-state index in [1.54, 1.807) is 11.4 Å². The van der Waals surface area contributed by atoms with Gasteiger partial charge in [-0.2, -0.15) is 13.2 Å². The molecule has 0 bridgehead atoms. The molecule has 2 N–H and O–H groups in total. The van der Waals surface area contributed by atoms with Crippen LogP contribution in [0.4, 0.5) is 18.9 Å². The molecule has 0 aromatic heterocycles. The molecule has 0 aliphatic heterocycles. The zero-order valence-electron chi connectivity index (χ0n) is 12.8. The fraction of sp³-hybridized carbons (Fsp3) is 0.429. The summed E-state index contributed by atoms with van der Waals surface area (Å²) in [7, 11) is 1.26. The van der Waals surface area contributed by atoms with Crippen molar-refractivity contribution in [2.75, 3.05) is 19.0 Å². The van der Waals surface area contributed by atoms with Crippen molar-refractivity contribution in [1.82, 2.24) is 5.32 Å². The van der Waals surface area contributed by atoms with Crippen molar-refractivity contribution >= 4 is 17.6 Å². The second-order valence-electron chi connectivity index (χ2n) is 4.47. The summed E-state index contributed by atoms with van der Waals surface area (Å²) in [4.78, 5) is 23.3. The van der Waals surface area contributed by atoms with E-state index in [2.05, 4.69) is 4.74 Å². The van der Waals surface area contributed by atoms with Gasteiger partial charge in [0.15, 0.2) is 0 Å². The third-order valence-electron chi connectivity index (χ3n) is 2.80. The van der Waals surface area contributed by atoms with Crippen LogP contribution in [0.2, 0.25) is 0 Å². The second kappa shape index (κ2) is 7.21. The molecule has 6 nitrogen and oxygen atoms in total. The van der Waals surface area contributed by atoms with Crippen LogP contribution in [0.5, 0.6) is 5.75 Å². The maximum Gasteiger partial charge on any atom is 0.441 e. The Morgan fingerprint density at radius 1 is 1.22 bits per heavy atom. The Bertz CT molecular complexity index is 577. The SMILES string of the molecule is CCOC(=O)[C@@](NC(C)=O)(Nc1ccccc1OC)C(F)(F)F. The number of carbonyl (C=O) groups is 2. The van der Waals surface area contributed by atoms with Crippen LogP contribution < -0.4 is 15.4 Å². The van der Waals surface area contributed by atoms with E-state index in [1.807, 2.05) is 5.32 Å². The number of carbonyl (C=O) groups excluding carboxylic acids is 2. The number of amides is 1. The summed E-state index contributed by atoms with van der Waals surface area (Å²) in [5.41, 5.74) is -3.56. The molecule has 23 heavy (non-hydrogen) atoms. The van der Waals surface area contributed by atoms with Crippen molar-refractivity contribution in [2.45, 2.75) is 25.7 Å². The molecule has 128 valence electrons. The molecule has 0 saturated carbocycles. The van der Waals surface area contributed by atoms with Crippen molar-refractivity contribution in [3.8, 4) is 5.75 Å². The first-order valence-electron chi connectivity index (χ1n) is 6.61. The highest BCUT2D eigenvalue weighted by Crippen LogP contribution is 2.35. The molecule has 0 aliphatic carbocycles. The molecule has 1 aromatic carbocycles. The summed E-state index contributed by atoms with van der Waals surface area (Å²) in [6, 6.07) is 5.68. The van der Waals surface area contributed by atoms with Crippen LogP contribution in [0.3, 0.4) is 0 Å². The minimum atomic E-state index is -5.16. The third-order valence-corrected chi connectivity index (χ3v) is 2.80. The van der Waals surface area contributed by atoms with Gasteiger partial charge < -0.3 is 20.1 Å². The van der Waals surface area contributed by atoms with E-state index in [0.717, 1.165) is 6.92 Å². The van der Waals surface area contributed by atoms with Gasteiger partial charge in [-0.25, -0.2) is 4.79 Å². The normalized spacial score (nSPS) is 13.7. The molecule has 0 heterocycles. The maximum atomic E-state index is 13.6. The average Bonchev–Trinajstić information content (AvgIpc) is 2.45. The molecule has 0 spiro atoms. The first kappa shape index (κ1) is 18.6. The highest BCUT2D eigenvalue weighted by molar-refractivity contribution is 5.91. The largest absolute Gasteiger partial charge is 0.495 e. The van der Waals surface area contributed by atoms with E-state index >= 15 is 0 Å². The van der Waals surface area contributed by atoms with Gasteiger partial charge >= 0.3 is 17.8 Å². The van der Waals surface area contributed by atoms with Crippen molar-refractivity contribution in [3.05, 3.63) is 24.3 Å². The van der Waals surface area contributed by atoms with Gasteiger partial charge in [-0.05, 0) is 19.1 Å². The Morgan fingerprint density at radius 2 is 1.83 bits per heavy atom. The van der Waals surface area contributed by atoms with Gasteiger partial charge in [0, 0.05) is 6.92 Å². The quantitative estimate of drug-likeness (QED) is 0.615. The summed E-state index contributed by atoms with van der Waals surface area (Å²) in [5.74, 6) is -2.66. The van der Waals surface area contributed by atoms with E-state index < -0.39 is 23.7 Å². The van der Waals surface area contributed by atoms with Crippen molar-refractivity contribution in [3.63, 3.8) is 0 Å². The van der Waals surface area contributed by atoms with E-state index in [1.165, 1.54) is 32.2 Å². The Kier molecular flexibility index (Phi) is 5.83. The summed E-state index contributed by atoms with van der Waals surface area (Å²) < 4.78 is 50.3. The number of halogens is 3. The second-order valence-corrected chi connectivity index (χ2v) is 4.47. The van der Waals surface area contributed by atoms with Gasteiger partial charge in [0.2, 0.25) is 5.91 Å². The molecule has 0 saturated heterocycles. The average molecular weight is 334 g/mol. The van der Waals surface area contributed by atoms with Crippen molar-refractivity contribution in [1.29, 1.82) is 0 Å². The van der Waals surface area contributed by atoms with Crippen LogP contribution in [0.25, 0.3) is 0 Å². The number of rotatable bonds is 6. The number of methoxy groups -OCH3 is 1. The number of para-hydroxylation sites is 2. The highest BCUT2D eigenvalue weighted by Gasteiger charge is 2.63. The molecule has 0 radical (unpaired) electrons. The summed E-state index contributed by atoms with van der Waals surface area (Å²) >= 11 is 0. The monoisotopic (exact) mass is 334 g/mol. The number of alkyl halides is 3. The van der Waals surface area contributed by atoms with Gasteiger partial charge in [0.25, 0.3) is 0 Å². The maximum absolute atomic E-state index is 13.6. The molecule has 1 atom stereocenters. The van der Waals surface area contributed by atoms with Gasteiger partial charge in [-0.3, -0.25) is 4.79 Å². The zero-order chi connectivity index (χ0) is 17.7. The molecule has 0 unspecified atom stereocenters. The minimum absolute atomic E-state index is 0.0655. The number of hydrogen-bond donors (Lipinski definition) is 2. The lowest BCUT2D eigenvalue weighted by atomic mass is 10.1. The van der Waals surface area contributed by atoms with E-state index in [0.29, 0.717) is 0 Å². The Hall–Kier alpha value is -2.45. The molecule has 0 aliphatic rings. The van der Waals surface area contributed by atoms with Crippen LogP contribution >= 0.6 is 0 Å². The number of benzene rings is 1. The number of esters is 1. The van der Waals surface area contributed by atoms with E-state index in [-0.39, 0.29) is 18.0 Å². The fourth-order valence-electron chi connectivity index (χ4n) is 1.84. The molecule has 0 fully saturated rings. The summed E-state index contributed by atoms with van der Waals surface area (Å²) in [5, 5.41) is 3.62. The fourth-order valence-corrected chi connectivity index (χ4v) is 1.84. The lowest BCUT2D eigenvalue weighted by Gasteiger charge is -2.35. The minimum Gasteiger partial charge on any atom is -0.495 e. The first-order valence-corrected chi connectivity index (χ1v) is 6.61. The Morgan fingerprint density at radius 3 is 2.30 bits per heavy atom. The Balaban J connectivity index is 3.42. The standard InChI is InChI=1S/C14H17F3N2O4/c1-4-23-12(21)13(14(15,16)17,18-9(2)20)19-10-7-5-6-8-11(10)22-3/h5-8,19H,4H2,1-3H3,(H,18,20)/t13-/m1/s1. The van der Waals surface area contributed by atoms with Gasteiger partial charge in [-0.15, -0.1) is 0 Å². The van der Waals surface area contributed by atoms with Crippen LogP contribution in [0.1, 0.15) is 13.8 Å². The lowest BCUT2D eigenvalue weighted by Crippen LogP contribution is -2.69. The van der Waals surface area contributed by atoms with E-state index in [9.17, 15) is 22.8 Å². The zero-order valence-corrected chi connectivity index (χ0v) is 12.8. The van der Waals surface area contributed by atoms with Gasteiger partial charge in [0.05, 0.1) is 19.4 Å². The summed E-state index contributed by atoms with van der Waals surface area (Å²) in [6.45, 7) is 1.93. The van der Waals surface area contributed by atoms with Crippen molar-refractivity contribution in [2.24, 2.45) is 0 Å². The number of ether oxygens (including phenoxy) is 2. The van der Waals surface area contributed by atoms with E-state index in [4.69, 9.17) is 4.74 Å². The predicted octanol–water partition coefficient (Wildman–Crippen LogP) is 2.06. The lowest BCUT2D eigenvalue weighted by molar-refractivity contribution is -0.207. The molecule has 9 heteroatoms. The first-order chi connectivity index (χ1) is 10.7. The third kappa shape index (κ3) is 4.05. The molecular weight excluding hydrogens is 317 g/mol. The van der Waals surface area contributed by atoms with Gasteiger partial charge in [-0.1, -0.05) is 12.1 Å². The molecular formula is C14H17F3N2O4. The molecule has 1 amide bonds. The number of anilines is 1. The highest BCUT2D eigenvalue weighted by atomic mass is 19.4. The Labute approximate surface area is 130 Å². The van der Waals surface area contributed by atoms with Crippen LogP contribution in [-0.4, -0.2) is 37.4 Å². The molecule has 1 aromatic rings. The van der Waals surface area contributed by atoms with Crippen LogP contribution in [-0.2, 0) is 14.3 Å². The molecule has 1 rings (SSSR count). The van der Waals surface area contributed by atoms with Crippen LogP contribution in [0, 0.1) is 0 Å². The number of hydrogen-bond acceptors (Lipinski definition) is 5. The smallest absolute Gasteiger partial charge is 0.441 e. The number of nitrogens with one attached hydrogen (secondary N) is 2. The van der Waals surface area contributed by atoms with Crippen molar-refractivity contribution < 1.29 is 32.2 Å². The van der Waals surface area contributed by atoms with Crippen LogP contribution in [0.15, 0.2) is 24.3 Å². The topological polar surface area (TPSA) is 76.7 Å². The summed E-state index contributed by atoms with van der Waals surface area (Å²) in [6.07, 6.45) is -5.16.